The lowest BCUT2D eigenvalue weighted by molar-refractivity contribution is -0.122. The summed E-state index contributed by atoms with van der Waals surface area (Å²) in [6.45, 7) is 9.72. The van der Waals surface area contributed by atoms with E-state index >= 15 is 0 Å². The molecule has 19 heavy (non-hydrogen) atoms. The van der Waals surface area contributed by atoms with Gasteiger partial charge in [0.05, 0.1) is 0 Å². The molecule has 1 rings (SSSR count). The third-order valence-electron chi connectivity index (χ3n) is 4.66. The Morgan fingerprint density at radius 3 is 2.26 bits per heavy atom. The number of amides is 1. The lowest BCUT2D eigenvalue weighted by Crippen LogP contribution is -2.39. The number of nitrogens with one attached hydrogen (secondary N) is 1. The molecule has 2 unspecified atom stereocenters. The zero-order valence-electron chi connectivity index (χ0n) is 13.1. The van der Waals surface area contributed by atoms with Crippen LogP contribution in [0.3, 0.4) is 0 Å². The summed E-state index contributed by atoms with van der Waals surface area (Å²) in [5.41, 5.74) is 6.10. The predicted octanol–water partition coefficient (Wildman–Crippen LogP) is 2.94. The van der Waals surface area contributed by atoms with Gasteiger partial charge in [0.1, 0.15) is 0 Å². The van der Waals surface area contributed by atoms with Gasteiger partial charge in [-0.25, -0.2) is 0 Å². The molecule has 0 aromatic carbocycles. The first kappa shape index (κ1) is 16.5. The van der Waals surface area contributed by atoms with Gasteiger partial charge in [0.15, 0.2) is 0 Å². The van der Waals surface area contributed by atoms with Crippen LogP contribution in [0.2, 0.25) is 0 Å². The monoisotopic (exact) mass is 268 g/mol. The molecule has 0 saturated heterocycles. The van der Waals surface area contributed by atoms with E-state index in [-0.39, 0.29) is 11.9 Å². The van der Waals surface area contributed by atoms with Gasteiger partial charge in [0, 0.05) is 19.0 Å². The van der Waals surface area contributed by atoms with Crippen molar-refractivity contribution in [3.63, 3.8) is 0 Å². The third kappa shape index (κ3) is 5.52. The van der Waals surface area contributed by atoms with E-state index in [1.807, 2.05) is 0 Å². The molecule has 0 radical (unpaired) electrons. The Hall–Kier alpha value is -0.570. The number of carbonyl (C=O) groups excluding carboxylic acids is 1. The highest BCUT2D eigenvalue weighted by Gasteiger charge is 2.25. The van der Waals surface area contributed by atoms with Crippen LogP contribution in [0.4, 0.5) is 0 Å². The van der Waals surface area contributed by atoms with Gasteiger partial charge in [-0.2, -0.15) is 0 Å². The van der Waals surface area contributed by atoms with Crippen molar-refractivity contribution in [2.45, 2.75) is 65.8 Å². The molecule has 1 aliphatic carbocycles. The molecule has 112 valence electrons. The number of hydrogen-bond acceptors (Lipinski definition) is 2. The maximum Gasteiger partial charge on any atom is 0.220 e. The number of nitrogens with two attached hydrogens (primary N) is 1. The smallest absolute Gasteiger partial charge is 0.220 e. The largest absolute Gasteiger partial charge is 0.356 e. The minimum atomic E-state index is 0.189. The van der Waals surface area contributed by atoms with E-state index in [1.165, 1.54) is 12.8 Å². The first-order chi connectivity index (χ1) is 8.91. The minimum absolute atomic E-state index is 0.189. The number of rotatable bonds is 6. The molecular formula is C16H32N2O. The van der Waals surface area contributed by atoms with Gasteiger partial charge in [-0.3, -0.25) is 4.79 Å². The summed E-state index contributed by atoms with van der Waals surface area (Å²) in [5, 5.41) is 3.12. The molecule has 1 fully saturated rings. The molecule has 1 amide bonds. The van der Waals surface area contributed by atoms with Crippen molar-refractivity contribution in [2.24, 2.45) is 29.4 Å². The molecular weight excluding hydrogens is 236 g/mol. The molecule has 2 atom stereocenters. The van der Waals surface area contributed by atoms with Crippen LogP contribution in [0.5, 0.6) is 0 Å². The standard InChI is InChI=1S/C16H32N2O/c1-11(2)14(12(3)4)10-18-16(19)9-13-7-5-6-8-15(13)17/h11-15H,5-10,17H2,1-4H3,(H,18,19). The van der Waals surface area contributed by atoms with E-state index in [2.05, 4.69) is 33.0 Å². The number of hydrogen-bond donors (Lipinski definition) is 2. The first-order valence-corrected chi connectivity index (χ1v) is 7.94. The molecule has 0 bridgehead atoms. The van der Waals surface area contributed by atoms with Crippen molar-refractivity contribution in [1.82, 2.24) is 5.32 Å². The normalized spacial score (nSPS) is 24.2. The van der Waals surface area contributed by atoms with Crippen LogP contribution >= 0.6 is 0 Å². The Balaban J connectivity index is 2.34. The predicted molar refractivity (Wildman–Crippen MR) is 80.7 cm³/mol. The molecule has 0 heterocycles. The van der Waals surface area contributed by atoms with Gasteiger partial charge in [-0.1, -0.05) is 40.5 Å². The Labute approximate surface area is 118 Å². The van der Waals surface area contributed by atoms with E-state index < -0.39 is 0 Å². The van der Waals surface area contributed by atoms with Crippen molar-refractivity contribution < 1.29 is 4.79 Å². The van der Waals surface area contributed by atoms with Crippen LogP contribution in [0.25, 0.3) is 0 Å². The van der Waals surface area contributed by atoms with Crippen LogP contribution in [0.15, 0.2) is 0 Å². The van der Waals surface area contributed by atoms with Gasteiger partial charge in [-0.05, 0) is 36.5 Å². The molecule has 0 aromatic rings. The van der Waals surface area contributed by atoms with Gasteiger partial charge in [0.25, 0.3) is 0 Å². The summed E-state index contributed by atoms with van der Waals surface area (Å²) in [7, 11) is 0. The van der Waals surface area contributed by atoms with Crippen LogP contribution in [0, 0.1) is 23.7 Å². The Morgan fingerprint density at radius 2 is 1.74 bits per heavy atom. The molecule has 3 heteroatoms. The van der Waals surface area contributed by atoms with Crippen molar-refractivity contribution in [3.05, 3.63) is 0 Å². The molecule has 0 aromatic heterocycles. The summed E-state index contributed by atoms with van der Waals surface area (Å²) in [4.78, 5) is 12.0. The zero-order chi connectivity index (χ0) is 14.4. The maximum absolute atomic E-state index is 12.0. The molecule has 3 N–H and O–H groups in total. The van der Waals surface area contributed by atoms with Crippen LogP contribution in [0.1, 0.15) is 59.8 Å². The SMILES string of the molecule is CC(C)C(CNC(=O)CC1CCCCC1N)C(C)C. The van der Waals surface area contributed by atoms with E-state index in [0.29, 0.717) is 30.1 Å². The highest BCUT2D eigenvalue weighted by atomic mass is 16.1. The summed E-state index contributed by atoms with van der Waals surface area (Å²) in [6.07, 6.45) is 5.27. The third-order valence-corrected chi connectivity index (χ3v) is 4.66. The quantitative estimate of drug-likeness (QED) is 0.778. The number of carbonyl (C=O) groups is 1. The second-order valence-electron chi connectivity index (χ2n) is 6.87. The molecule has 0 aliphatic heterocycles. The maximum atomic E-state index is 12.0. The minimum Gasteiger partial charge on any atom is -0.356 e. The Morgan fingerprint density at radius 1 is 1.16 bits per heavy atom. The van der Waals surface area contributed by atoms with Crippen molar-refractivity contribution >= 4 is 5.91 Å². The zero-order valence-corrected chi connectivity index (χ0v) is 13.1. The highest BCUT2D eigenvalue weighted by Crippen LogP contribution is 2.25. The molecule has 0 spiro atoms. The fourth-order valence-electron chi connectivity index (χ4n) is 3.27. The fraction of sp³-hybridized carbons (Fsp3) is 0.938. The van der Waals surface area contributed by atoms with Gasteiger partial charge < -0.3 is 11.1 Å². The summed E-state index contributed by atoms with van der Waals surface area (Å²) >= 11 is 0. The van der Waals surface area contributed by atoms with Gasteiger partial charge in [-0.15, -0.1) is 0 Å². The van der Waals surface area contributed by atoms with Crippen molar-refractivity contribution in [1.29, 1.82) is 0 Å². The van der Waals surface area contributed by atoms with Gasteiger partial charge in [0.2, 0.25) is 5.91 Å². The van der Waals surface area contributed by atoms with Gasteiger partial charge >= 0.3 is 0 Å². The summed E-state index contributed by atoms with van der Waals surface area (Å²) in [6, 6.07) is 0.227. The molecule has 1 aliphatic rings. The lowest BCUT2D eigenvalue weighted by Gasteiger charge is -2.29. The van der Waals surface area contributed by atoms with Crippen molar-refractivity contribution in [3.8, 4) is 0 Å². The van der Waals surface area contributed by atoms with Crippen LogP contribution < -0.4 is 11.1 Å². The lowest BCUT2D eigenvalue weighted by atomic mass is 9.82. The van der Waals surface area contributed by atoms with Crippen LogP contribution in [-0.4, -0.2) is 18.5 Å². The Bertz CT molecular complexity index is 268. The first-order valence-electron chi connectivity index (χ1n) is 7.94. The van der Waals surface area contributed by atoms with E-state index in [4.69, 9.17) is 5.73 Å². The fourth-order valence-corrected chi connectivity index (χ4v) is 3.27. The Kier molecular flexibility index (Phi) is 6.84. The van der Waals surface area contributed by atoms with E-state index in [0.717, 1.165) is 19.4 Å². The van der Waals surface area contributed by atoms with E-state index in [9.17, 15) is 4.79 Å². The van der Waals surface area contributed by atoms with Crippen LogP contribution in [-0.2, 0) is 4.79 Å². The second-order valence-corrected chi connectivity index (χ2v) is 6.87. The van der Waals surface area contributed by atoms with Crippen molar-refractivity contribution in [2.75, 3.05) is 6.54 Å². The highest BCUT2D eigenvalue weighted by molar-refractivity contribution is 5.76. The topological polar surface area (TPSA) is 55.1 Å². The molecule has 1 saturated carbocycles. The summed E-state index contributed by atoms with van der Waals surface area (Å²) in [5.74, 6) is 2.36. The summed E-state index contributed by atoms with van der Waals surface area (Å²) < 4.78 is 0. The average Bonchev–Trinajstić information content (AvgIpc) is 2.31. The van der Waals surface area contributed by atoms with E-state index in [1.54, 1.807) is 0 Å². The second kappa shape index (κ2) is 7.88. The average molecular weight is 268 g/mol. The molecule has 3 nitrogen and oxygen atoms in total.